The van der Waals surface area contributed by atoms with E-state index in [1.807, 2.05) is 60.4 Å². The molecule has 140 valence electrons. The zero-order valence-electron chi connectivity index (χ0n) is 15.6. The lowest BCUT2D eigenvalue weighted by molar-refractivity contribution is 0.0793. The van der Waals surface area contributed by atoms with E-state index in [0.717, 1.165) is 59.1 Å². The number of benzene rings is 2. The second-order valence-electron chi connectivity index (χ2n) is 7.36. The highest BCUT2D eigenvalue weighted by Crippen LogP contribution is 2.27. The van der Waals surface area contributed by atoms with Crippen LogP contribution >= 0.6 is 0 Å². The molecule has 0 saturated carbocycles. The number of hydrogen-bond acceptors (Lipinski definition) is 3. The average Bonchev–Trinajstić information content (AvgIpc) is 3.38. The van der Waals surface area contributed by atoms with Crippen LogP contribution in [-0.4, -0.2) is 38.5 Å². The highest BCUT2D eigenvalue weighted by molar-refractivity contribution is 5.95. The van der Waals surface area contributed by atoms with Crippen molar-refractivity contribution >= 4 is 22.5 Å². The first kappa shape index (κ1) is 16.7. The summed E-state index contributed by atoms with van der Waals surface area (Å²) in [7, 11) is 0. The van der Waals surface area contributed by atoms with E-state index in [-0.39, 0.29) is 11.6 Å². The first-order chi connectivity index (χ1) is 13.6. The number of hydrogen-bond donors (Lipinski definition) is 1. The number of nitrogens with one attached hydrogen (secondary N) is 1. The third kappa shape index (κ3) is 2.60. The van der Waals surface area contributed by atoms with Crippen LogP contribution in [0.15, 0.2) is 53.3 Å². The van der Waals surface area contributed by atoms with Crippen molar-refractivity contribution in [3.63, 3.8) is 0 Å². The molecule has 1 saturated heterocycles. The third-order valence-electron chi connectivity index (χ3n) is 5.57. The monoisotopic (exact) mass is 372 g/mol. The van der Waals surface area contributed by atoms with Gasteiger partial charge in [0.15, 0.2) is 5.65 Å². The van der Waals surface area contributed by atoms with Gasteiger partial charge in [0.05, 0.1) is 5.52 Å². The van der Waals surface area contributed by atoms with E-state index in [4.69, 9.17) is 0 Å². The number of nitrogens with zero attached hydrogens (tertiary/aromatic N) is 3. The second-order valence-corrected chi connectivity index (χ2v) is 7.36. The van der Waals surface area contributed by atoms with Crippen molar-refractivity contribution in [2.75, 3.05) is 13.1 Å². The number of carbonyl (C=O) groups excluding carboxylic acids is 1. The molecule has 1 aliphatic rings. The van der Waals surface area contributed by atoms with Gasteiger partial charge < -0.3 is 4.90 Å². The van der Waals surface area contributed by atoms with Crippen LogP contribution in [0.1, 0.15) is 28.8 Å². The molecule has 1 aliphatic heterocycles. The van der Waals surface area contributed by atoms with Gasteiger partial charge in [0.2, 0.25) is 0 Å². The molecular weight excluding hydrogens is 352 g/mol. The highest BCUT2D eigenvalue weighted by atomic mass is 16.2. The predicted molar refractivity (Wildman–Crippen MR) is 109 cm³/mol. The van der Waals surface area contributed by atoms with E-state index in [9.17, 15) is 9.59 Å². The van der Waals surface area contributed by atoms with Gasteiger partial charge in [0.25, 0.3) is 5.91 Å². The van der Waals surface area contributed by atoms with Gasteiger partial charge in [0.1, 0.15) is 0 Å². The normalized spacial score (nSPS) is 14.2. The van der Waals surface area contributed by atoms with Crippen LogP contribution in [0, 0.1) is 6.92 Å². The molecule has 0 bridgehead atoms. The fourth-order valence-electron chi connectivity index (χ4n) is 4.05. The molecule has 28 heavy (non-hydrogen) atoms. The zero-order valence-corrected chi connectivity index (χ0v) is 15.6. The van der Waals surface area contributed by atoms with Gasteiger partial charge in [-0.25, -0.2) is 14.3 Å². The molecule has 4 aromatic rings. The molecule has 0 unspecified atom stereocenters. The van der Waals surface area contributed by atoms with Gasteiger partial charge in [-0.2, -0.15) is 5.10 Å². The largest absolute Gasteiger partial charge is 0.348 e. The van der Waals surface area contributed by atoms with Crippen molar-refractivity contribution < 1.29 is 4.79 Å². The Kier molecular flexibility index (Phi) is 3.79. The Morgan fingerprint density at radius 2 is 1.71 bits per heavy atom. The number of rotatable bonds is 2. The molecular formula is C22H20N4O2. The van der Waals surface area contributed by atoms with E-state index in [0.29, 0.717) is 5.65 Å². The van der Waals surface area contributed by atoms with Gasteiger partial charge in [-0.15, -0.1) is 0 Å². The number of aryl methyl sites for hydroxylation is 1. The summed E-state index contributed by atoms with van der Waals surface area (Å²) in [6, 6.07) is 15.7. The van der Waals surface area contributed by atoms with Crippen molar-refractivity contribution in [2.24, 2.45) is 0 Å². The van der Waals surface area contributed by atoms with Crippen molar-refractivity contribution in [3.05, 3.63) is 70.1 Å². The lowest BCUT2D eigenvalue weighted by Gasteiger charge is -2.15. The number of fused-ring (bicyclic) bond motifs is 3. The second kappa shape index (κ2) is 6.34. The molecule has 2 aromatic carbocycles. The Balaban J connectivity index is 1.57. The first-order valence-electron chi connectivity index (χ1n) is 9.52. The molecule has 2 aromatic heterocycles. The SMILES string of the molecule is Cc1cc2n[nH]c(=O)n2c2cc(-c3ccc(C(=O)N4CCCC4)cc3)ccc12. The van der Waals surface area contributed by atoms with Crippen LogP contribution in [0.3, 0.4) is 0 Å². The minimum absolute atomic E-state index is 0.102. The van der Waals surface area contributed by atoms with Crippen molar-refractivity contribution in [3.8, 4) is 11.1 Å². The quantitative estimate of drug-likeness (QED) is 0.586. The van der Waals surface area contributed by atoms with Crippen LogP contribution in [0.2, 0.25) is 0 Å². The first-order valence-corrected chi connectivity index (χ1v) is 9.52. The van der Waals surface area contributed by atoms with Crippen molar-refractivity contribution in [2.45, 2.75) is 19.8 Å². The Labute approximate surface area is 161 Å². The Hall–Kier alpha value is -3.41. The smallest absolute Gasteiger partial charge is 0.339 e. The Morgan fingerprint density at radius 1 is 1.00 bits per heavy atom. The predicted octanol–water partition coefficient (Wildman–Crippen LogP) is 3.39. The molecule has 5 rings (SSSR count). The Bertz CT molecular complexity index is 1260. The van der Waals surface area contributed by atoms with Crippen LogP contribution in [0.5, 0.6) is 0 Å². The molecule has 1 amide bonds. The standard InChI is InChI=1S/C22H20N4O2/c1-14-12-20-23-24-22(28)26(20)19-13-17(8-9-18(14)19)15-4-6-16(7-5-15)21(27)25-10-2-3-11-25/h4-9,12-13H,2-3,10-11H2,1H3,(H,24,28). The van der Waals surface area contributed by atoms with Gasteiger partial charge in [-0.1, -0.05) is 24.3 Å². The minimum Gasteiger partial charge on any atom is -0.339 e. The summed E-state index contributed by atoms with van der Waals surface area (Å²) in [4.78, 5) is 26.7. The van der Waals surface area contributed by atoms with Crippen molar-refractivity contribution in [1.29, 1.82) is 0 Å². The van der Waals surface area contributed by atoms with Crippen LogP contribution < -0.4 is 5.69 Å². The highest BCUT2D eigenvalue weighted by Gasteiger charge is 2.19. The summed E-state index contributed by atoms with van der Waals surface area (Å²) < 4.78 is 1.59. The fraction of sp³-hybridized carbons (Fsp3) is 0.227. The maximum Gasteiger partial charge on any atom is 0.348 e. The molecule has 3 heterocycles. The molecule has 1 N–H and O–H groups in total. The lowest BCUT2D eigenvalue weighted by atomic mass is 10.0. The van der Waals surface area contributed by atoms with E-state index >= 15 is 0 Å². The Morgan fingerprint density at radius 3 is 2.46 bits per heavy atom. The molecule has 0 radical (unpaired) electrons. The average molecular weight is 372 g/mol. The van der Waals surface area contributed by atoms with Crippen LogP contribution in [0.25, 0.3) is 27.7 Å². The van der Waals surface area contributed by atoms with E-state index < -0.39 is 0 Å². The number of carbonyl (C=O) groups is 1. The van der Waals surface area contributed by atoms with Crippen LogP contribution in [0.4, 0.5) is 0 Å². The molecule has 0 spiro atoms. The number of aromatic nitrogens is 3. The maximum atomic E-state index is 12.5. The number of aromatic amines is 1. The molecule has 0 aliphatic carbocycles. The van der Waals surface area contributed by atoms with Gasteiger partial charge in [0, 0.05) is 24.0 Å². The van der Waals surface area contributed by atoms with Gasteiger partial charge in [-0.3, -0.25) is 4.79 Å². The van der Waals surface area contributed by atoms with E-state index in [2.05, 4.69) is 10.2 Å². The maximum absolute atomic E-state index is 12.5. The molecule has 6 heteroatoms. The summed E-state index contributed by atoms with van der Waals surface area (Å²) in [5, 5.41) is 7.62. The molecule has 1 fully saturated rings. The summed E-state index contributed by atoms with van der Waals surface area (Å²) in [6.07, 6.45) is 2.17. The van der Waals surface area contributed by atoms with E-state index in [1.165, 1.54) is 0 Å². The summed E-state index contributed by atoms with van der Waals surface area (Å²) in [5.41, 5.74) is 4.97. The van der Waals surface area contributed by atoms with Gasteiger partial charge >= 0.3 is 5.69 Å². The topological polar surface area (TPSA) is 70.5 Å². The number of H-pyrrole nitrogens is 1. The lowest BCUT2D eigenvalue weighted by Crippen LogP contribution is -2.27. The molecule has 6 nitrogen and oxygen atoms in total. The number of pyridine rings is 1. The van der Waals surface area contributed by atoms with Gasteiger partial charge in [-0.05, 0) is 60.7 Å². The third-order valence-corrected chi connectivity index (χ3v) is 5.57. The number of amides is 1. The van der Waals surface area contributed by atoms with Crippen LogP contribution in [-0.2, 0) is 0 Å². The summed E-state index contributed by atoms with van der Waals surface area (Å²) in [5.74, 6) is 0.102. The number of likely N-dealkylation sites (tertiary alicyclic amines) is 1. The van der Waals surface area contributed by atoms with E-state index in [1.54, 1.807) is 4.40 Å². The summed E-state index contributed by atoms with van der Waals surface area (Å²) in [6.45, 7) is 3.71. The zero-order chi connectivity index (χ0) is 19.3. The molecule has 0 atom stereocenters. The summed E-state index contributed by atoms with van der Waals surface area (Å²) >= 11 is 0. The van der Waals surface area contributed by atoms with Crippen molar-refractivity contribution in [1.82, 2.24) is 19.5 Å². The fourth-order valence-corrected chi connectivity index (χ4v) is 4.05. The minimum atomic E-state index is -0.247.